The minimum absolute atomic E-state index is 0.0517. The highest BCUT2D eigenvalue weighted by molar-refractivity contribution is 5.99. The van der Waals surface area contributed by atoms with E-state index >= 15 is 0 Å². The molecule has 9 nitrogen and oxygen atoms in total. The van der Waals surface area contributed by atoms with Crippen LogP contribution in [0.5, 0.6) is 0 Å². The quantitative estimate of drug-likeness (QED) is 0.285. The van der Waals surface area contributed by atoms with Crippen molar-refractivity contribution < 1.29 is 9.53 Å². The Hall–Kier alpha value is -4.05. The van der Waals surface area contributed by atoms with Crippen molar-refractivity contribution in [2.45, 2.75) is 51.0 Å². The lowest BCUT2D eigenvalue weighted by molar-refractivity contribution is 0.0272. The van der Waals surface area contributed by atoms with Gasteiger partial charge in [0.1, 0.15) is 5.82 Å². The Labute approximate surface area is 260 Å². The number of ether oxygens (including phenoxy) is 1. The maximum Gasteiger partial charge on any atom is 0.255 e. The summed E-state index contributed by atoms with van der Waals surface area (Å²) in [5, 5.41) is 7.37. The van der Waals surface area contributed by atoms with Crippen molar-refractivity contribution in [3.63, 3.8) is 0 Å². The summed E-state index contributed by atoms with van der Waals surface area (Å²) in [7, 11) is 4.05. The molecule has 4 aromatic rings. The lowest BCUT2D eigenvalue weighted by atomic mass is 9.99. The zero-order valence-electron chi connectivity index (χ0n) is 25.9. The Kier molecular flexibility index (Phi) is 9.07. The third-order valence-electron chi connectivity index (χ3n) is 9.20. The second-order valence-electron chi connectivity index (χ2n) is 12.3. The van der Waals surface area contributed by atoms with Crippen LogP contribution in [0.1, 0.15) is 53.7 Å². The predicted molar refractivity (Wildman–Crippen MR) is 174 cm³/mol. The third kappa shape index (κ3) is 6.85. The fourth-order valence-corrected chi connectivity index (χ4v) is 6.29. The molecule has 0 radical (unpaired) electrons. The first-order chi connectivity index (χ1) is 21.3. The van der Waals surface area contributed by atoms with E-state index in [0.29, 0.717) is 18.2 Å². The largest absolute Gasteiger partial charge is 0.383 e. The van der Waals surface area contributed by atoms with Crippen molar-refractivity contribution in [2.75, 3.05) is 39.0 Å². The van der Waals surface area contributed by atoms with Crippen molar-refractivity contribution in [2.24, 2.45) is 7.05 Å². The highest BCUT2D eigenvalue weighted by Gasteiger charge is 2.30. The molecule has 9 heteroatoms. The first-order valence-electron chi connectivity index (χ1n) is 15.6. The van der Waals surface area contributed by atoms with Crippen LogP contribution in [0.15, 0.2) is 73.2 Å². The number of rotatable bonds is 9. The second kappa shape index (κ2) is 13.3. The fourth-order valence-electron chi connectivity index (χ4n) is 6.29. The zero-order chi connectivity index (χ0) is 30.6. The average Bonchev–Trinajstić information content (AvgIpc) is 3.69. The minimum atomic E-state index is -0.227. The van der Waals surface area contributed by atoms with E-state index in [1.165, 1.54) is 16.7 Å². The fraction of sp³-hybridized carbons (Fsp3) is 0.400. The summed E-state index contributed by atoms with van der Waals surface area (Å²) in [4.78, 5) is 22.5. The van der Waals surface area contributed by atoms with E-state index in [1.54, 1.807) is 23.1 Å². The van der Waals surface area contributed by atoms with Gasteiger partial charge in [-0.3, -0.25) is 14.4 Å². The summed E-state index contributed by atoms with van der Waals surface area (Å²) in [5.41, 5.74) is 13.0. The van der Waals surface area contributed by atoms with Crippen LogP contribution in [-0.4, -0.2) is 75.8 Å². The standard InChI is InChI=1S/C35H43N7O2/c1-24(42-17-15-40(2)16-18-42)26-11-13-28(14-12-26)27-9-7-25(8-10-27)23-44-33-6-4-5-32(33)39-35(43)31-19-29(20-37-34(31)36)30-21-38-41(3)22-30/h7-14,19-22,24,32-33H,4-6,15-18,23H2,1-3H3,(H2,36,37)(H,39,43)/t24?,32-,33-/m0/s1. The molecule has 2 fully saturated rings. The van der Waals surface area contributed by atoms with Crippen LogP contribution < -0.4 is 11.1 Å². The highest BCUT2D eigenvalue weighted by Crippen LogP contribution is 2.28. The van der Waals surface area contributed by atoms with Crippen LogP contribution in [0.4, 0.5) is 5.82 Å². The summed E-state index contributed by atoms with van der Waals surface area (Å²) in [6.07, 6.45) is 8.02. The Bertz CT molecular complexity index is 1560. The smallest absolute Gasteiger partial charge is 0.255 e. The number of nitrogens with zero attached hydrogens (tertiary/aromatic N) is 5. The van der Waals surface area contributed by atoms with Gasteiger partial charge in [0.2, 0.25) is 0 Å². The Morgan fingerprint density at radius 1 is 0.955 bits per heavy atom. The van der Waals surface area contributed by atoms with Crippen molar-refractivity contribution in [1.29, 1.82) is 0 Å². The Balaban J connectivity index is 1.03. The number of pyridine rings is 1. The second-order valence-corrected chi connectivity index (χ2v) is 12.3. The van der Waals surface area contributed by atoms with Gasteiger partial charge in [-0.25, -0.2) is 4.98 Å². The molecule has 1 saturated heterocycles. The number of anilines is 1. The lowest BCUT2D eigenvalue weighted by Crippen LogP contribution is -2.45. The van der Waals surface area contributed by atoms with Gasteiger partial charge in [0, 0.05) is 62.8 Å². The molecule has 2 aliphatic rings. The zero-order valence-corrected chi connectivity index (χ0v) is 25.9. The number of hydrogen-bond donors (Lipinski definition) is 2. The number of amides is 1. The van der Waals surface area contributed by atoms with Gasteiger partial charge in [-0.2, -0.15) is 5.10 Å². The first kappa shape index (κ1) is 30.0. The van der Waals surface area contributed by atoms with Gasteiger partial charge >= 0.3 is 0 Å². The van der Waals surface area contributed by atoms with Crippen molar-refractivity contribution in [3.8, 4) is 22.3 Å². The predicted octanol–water partition coefficient (Wildman–Crippen LogP) is 4.91. The molecule has 0 bridgehead atoms. The number of nitrogens with one attached hydrogen (secondary N) is 1. The van der Waals surface area contributed by atoms with Crippen LogP contribution >= 0.6 is 0 Å². The summed E-state index contributed by atoms with van der Waals surface area (Å²) in [6.45, 7) is 7.29. The van der Waals surface area contributed by atoms with E-state index in [-0.39, 0.29) is 23.9 Å². The van der Waals surface area contributed by atoms with Gasteiger partial charge in [-0.05, 0) is 61.6 Å². The Morgan fingerprint density at radius 3 is 2.34 bits per heavy atom. The monoisotopic (exact) mass is 593 g/mol. The number of hydrogen-bond acceptors (Lipinski definition) is 7. The molecule has 1 aliphatic heterocycles. The van der Waals surface area contributed by atoms with Crippen molar-refractivity contribution >= 4 is 11.7 Å². The van der Waals surface area contributed by atoms with E-state index in [0.717, 1.165) is 62.1 Å². The van der Waals surface area contributed by atoms with Gasteiger partial charge in [-0.1, -0.05) is 48.5 Å². The van der Waals surface area contributed by atoms with Gasteiger partial charge < -0.3 is 20.7 Å². The molecule has 0 spiro atoms. The topological polar surface area (TPSA) is 102 Å². The maximum absolute atomic E-state index is 13.2. The number of nitrogen functional groups attached to an aromatic ring is 1. The van der Waals surface area contributed by atoms with E-state index in [4.69, 9.17) is 10.5 Å². The molecule has 6 rings (SSSR count). The van der Waals surface area contributed by atoms with Gasteiger partial charge in [0.05, 0.1) is 30.5 Å². The molecule has 1 unspecified atom stereocenters. The highest BCUT2D eigenvalue weighted by atomic mass is 16.5. The number of carbonyl (C=O) groups excluding carboxylic acids is 1. The summed E-state index contributed by atoms with van der Waals surface area (Å²) >= 11 is 0. The van der Waals surface area contributed by atoms with Gasteiger partial charge in [0.25, 0.3) is 5.91 Å². The molecule has 230 valence electrons. The Morgan fingerprint density at radius 2 is 1.66 bits per heavy atom. The van der Waals surface area contributed by atoms with E-state index in [1.807, 2.05) is 13.2 Å². The number of piperazine rings is 1. The van der Waals surface area contributed by atoms with Crippen LogP contribution in [0.3, 0.4) is 0 Å². The molecule has 1 saturated carbocycles. The number of benzene rings is 2. The van der Waals surface area contributed by atoms with Crippen LogP contribution in [0.2, 0.25) is 0 Å². The van der Waals surface area contributed by atoms with Crippen LogP contribution in [0.25, 0.3) is 22.3 Å². The molecule has 3 heterocycles. The number of carbonyl (C=O) groups is 1. The van der Waals surface area contributed by atoms with E-state index < -0.39 is 0 Å². The number of likely N-dealkylation sites (N-methyl/N-ethyl adjacent to an activating group) is 1. The lowest BCUT2D eigenvalue weighted by Gasteiger charge is -2.36. The molecular formula is C35H43N7O2. The van der Waals surface area contributed by atoms with E-state index in [9.17, 15) is 4.79 Å². The molecule has 44 heavy (non-hydrogen) atoms. The van der Waals surface area contributed by atoms with Gasteiger partial charge in [-0.15, -0.1) is 0 Å². The SMILES string of the molecule is CC(c1ccc(-c2ccc(CO[C@H]3CCC[C@@H]3NC(=O)c3cc(-c4cnn(C)c4)cnc3N)cc2)cc1)N1CCN(C)CC1. The molecule has 1 aliphatic carbocycles. The van der Waals surface area contributed by atoms with Crippen LogP contribution in [0, 0.1) is 0 Å². The molecule has 3 atom stereocenters. The number of aryl methyl sites for hydroxylation is 1. The molecule has 1 amide bonds. The summed E-state index contributed by atoms with van der Waals surface area (Å²) < 4.78 is 8.05. The number of nitrogens with two attached hydrogens (primary N) is 1. The first-order valence-corrected chi connectivity index (χ1v) is 15.6. The molecule has 2 aromatic heterocycles. The number of aromatic nitrogens is 3. The normalized spacial score (nSPS) is 20.1. The summed E-state index contributed by atoms with van der Waals surface area (Å²) in [6, 6.07) is 19.7. The molecule has 2 aromatic carbocycles. The van der Waals surface area contributed by atoms with E-state index in [2.05, 4.69) is 87.7 Å². The van der Waals surface area contributed by atoms with Crippen LogP contribution in [-0.2, 0) is 18.4 Å². The molecular weight excluding hydrogens is 550 g/mol. The summed E-state index contributed by atoms with van der Waals surface area (Å²) in [5.74, 6) is -0.0144. The maximum atomic E-state index is 13.2. The van der Waals surface area contributed by atoms with Crippen molar-refractivity contribution in [1.82, 2.24) is 29.9 Å². The van der Waals surface area contributed by atoms with Crippen molar-refractivity contribution in [3.05, 3.63) is 89.9 Å². The third-order valence-corrected chi connectivity index (χ3v) is 9.20. The molecule has 3 N–H and O–H groups in total. The average molecular weight is 594 g/mol. The minimum Gasteiger partial charge on any atom is -0.383 e. The van der Waals surface area contributed by atoms with Gasteiger partial charge in [0.15, 0.2) is 0 Å².